The summed E-state index contributed by atoms with van der Waals surface area (Å²) >= 11 is 0. The average Bonchev–Trinajstić information content (AvgIpc) is 2.25. The molecule has 0 bridgehead atoms. The molecule has 0 amide bonds. The molecule has 0 aliphatic rings. The van der Waals surface area contributed by atoms with Crippen LogP contribution in [0.2, 0.25) is 0 Å². The zero-order valence-electron chi connectivity index (χ0n) is 8.98. The lowest BCUT2D eigenvalue weighted by atomic mass is 10.1. The molecule has 2 heteroatoms. The first-order valence-corrected chi connectivity index (χ1v) is 4.97. The van der Waals surface area contributed by atoms with Gasteiger partial charge in [0, 0.05) is 6.42 Å². The number of carbonyl (C=O) groups excluding carboxylic acids is 1. The second-order valence-electron chi connectivity index (χ2n) is 3.63. The lowest BCUT2D eigenvalue weighted by Crippen LogP contribution is -2.14. The predicted molar refractivity (Wildman–Crippen MR) is 60.5 cm³/mol. The van der Waals surface area contributed by atoms with E-state index in [2.05, 4.69) is 6.58 Å². The average molecular weight is 204 g/mol. The minimum absolute atomic E-state index is 0.372. The predicted octanol–water partition coefficient (Wildman–Crippen LogP) is 2.74. The first-order chi connectivity index (χ1) is 7.22. The van der Waals surface area contributed by atoms with E-state index in [-0.39, 0.29) is 6.10 Å². The number of carbonyl (C=O) groups is 1. The van der Waals surface area contributed by atoms with Crippen LogP contribution >= 0.6 is 0 Å². The molecule has 1 atom stereocenters. The number of aldehydes is 1. The van der Waals surface area contributed by atoms with Crippen LogP contribution in [0.3, 0.4) is 0 Å². The van der Waals surface area contributed by atoms with Crippen molar-refractivity contribution in [2.75, 3.05) is 0 Å². The zero-order valence-corrected chi connectivity index (χ0v) is 8.98. The fourth-order valence-electron chi connectivity index (χ4n) is 1.27. The van der Waals surface area contributed by atoms with Crippen LogP contribution in [0.1, 0.15) is 18.9 Å². The number of rotatable bonds is 6. The van der Waals surface area contributed by atoms with Crippen LogP contribution in [-0.4, -0.2) is 12.4 Å². The molecular weight excluding hydrogens is 188 g/mol. The highest BCUT2D eigenvalue weighted by molar-refractivity contribution is 5.56. The molecule has 1 rings (SSSR count). The van der Waals surface area contributed by atoms with Gasteiger partial charge in [-0.3, -0.25) is 0 Å². The Bertz CT molecular complexity index is 317. The molecule has 0 spiro atoms. The Hall–Kier alpha value is -1.41. The van der Waals surface area contributed by atoms with Crippen molar-refractivity contribution in [3.63, 3.8) is 0 Å². The summed E-state index contributed by atoms with van der Waals surface area (Å²) in [6.07, 6.45) is 1.05. The van der Waals surface area contributed by atoms with Gasteiger partial charge in [-0.05, 0) is 12.5 Å². The van der Waals surface area contributed by atoms with E-state index < -0.39 is 0 Å². The standard InChI is InChI=1S/C13H16O2/c1-11(2)8-13(9-14)15-10-12-6-4-3-5-7-12/h3-7,9,13H,1,8,10H2,2H3/t13-/m0/s1. The second-order valence-corrected chi connectivity index (χ2v) is 3.63. The van der Waals surface area contributed by atoms with Crippen molar-refractivity contribution in [3.8, 4) is 0 Å². The smallest absolute Gasteiger partial charge is 0.149 e. The maximum absolute atomic E-state index is 10.7. The third kappa shape index (κ3) is 4.56. The molecule has 0 saturated heterocycles. The fourth-order valence-corrected chi connectivity index (χ4v) is 1.27. The molecule has 0 radical (unpaired) electrons. The van der Waals surface area contributed by atoms with E-state index in [0.717, 1.165) is 17.4 Å². The van der Waals surface area contributed by atoms with Crippen molar-refractivity contribution in [1.82, 2.24) is 0 Å². The Balaban J connectivity index is 2.41. The van der Waals surface area contributed by atoms with Crippen LogP contribution < -0.4 is 0 Å². The van der Waals surface area contributed by atoms with Gasteiger partial charge in [0.1, 0.15) is 12.4 Å². The molecule has 0 aliphatic carbocycles. The molecule has 80 valence electrons. The van der Waals surface area contributed by atoms with Crippen molar-refractivity contribution in [2.24, 2.45) is 0 Å². The third-order valence-corrected chi connectivity index (χ3v) is 2.01. The molecule has 0 unspecified atom stereocenters. The number of benzene rings is 1. The first kappa shape index (κ1) is 11.7. The summed E-state index contributed by atoms with van der Waals surface area (Å²) < 4.78 is 5.46. The Morgan fingerprint density at radius 3 is 2.67 bits per heavy atom. The van der Waals surface area contributed by atoms with Crippen LogP contribution in [0.15, 0.2) is 42.5 Å². The van der Waals surface area contributed by atoms with Gasteiger partial charge < -0.3 is 9.53 Å². The topological polar surface area (TPSA) is 26.3 Å². The maximum atomic E-state index is 10.7. The van der Waals surface area contributed by atoms with E-state index in [4.69, 9.17) is 4.74 Å². The molecule has 1 aromatic rings. The Labute approximate surface area is 90.6 Å². The Morgan fingerprint density at radius 1 is 1.47 bits per heavy atom. The van der Waals surface area contributed by atoms with Crippen molar-refractivity contribution >= 4 is 6.29 Å². The first-order valence-electron chi connectivity index (χ1n) is 4.97. The lowest BCUT2D eigenvalue weighted by molar-refractivity contribution is -0.118. The fraction of sp³-hybridized carbons (Fsp3) is 0.308. The largest absolute Gasteiger partial charge is 0.366 e. The van der Waals surface area contributed by atoms with Crippen LogP contribution in [-0.2, 0) is 16.1 Å². The van der Waals surface area contributed by atoms with Gasteiger partial charge >= 0.3 is 0 Å². The summed E-state index contributed by atoms with van der Waals surface area (Å²) in [6, 6.07) is 9.81. The maximum Gasteiger partial charge on any atom is 0.149 e. The molecule has 0 N–H and O–H groups in total. The van der Waals surface area contributed by atoms with Crippen molar-refractivity contribution in [2.45, 2.75) is 26.1 Å². The van der Waals surface area contributed by atoms with Crippen LogP contribution in [0, 0.1) is 0 Å². The zero-order chi connectivity index (χ0) is 11.1. The Morgan fingerprint density at radius 2 is 2.13 bits per heavy atom. The number of hydrogen-bond acceptors (Lipinski definition) is 2. The minimum Gasteiger partial charge on any atom is -0.366 e. The SMILES string of the molecule is C=C(C)C[C@@H](C=O)OCc1ccccc1. The van der Waals surface area contributed by atoms with Gasteiger partial charge in [-0.15, -0.1) is 6.58 Å². The molecule has 0 aromatic heterocycles. The van der Waals surface area contributed by atoms with Gasteiger partial charge in [0.15, 0.2) is 0 Å². The van der Waals surface area contributed by atoms with Gasteiger partial charge in [-0.2, -0.15) is 0 Å². The monoisotopic (exact) mass is 204 g/mol. The molecule has 2 nitrogen and oxygen atoms in total. The number of ether oxygens (including phenoxy) is 1. The van der Waals surface area contributed by atoms with E-state index in [9.17, 15) is 4.79 Å². The van der Waals surface area contributed by atoms with Crippen LogP contribution in [0.25, 0.3) is 0 Å². The molecule has 15 heavy (non-hydrogen) atoms. The Kier molecular flexibility index (Phi) is 4.78. The van der Waals surface area contributed by atoms with Gasteiger partial charge in [-0.1, -0.05) is 35.9 Å². The second kappa shape index (κ2) is 6.14. The normalized spacial score (nSPS) is 12.1. The van der Waals surface area contributed by atoms with E-state index in [1.54, 1.807) is 0 Å². The molecule has 0 aliphatic heterocycles. The van der Waals surface area contributed by atoms with E-state index in [1.807, 2.05) is 37.3 Å². The third-order valence-electron chi connectivity index (χ3n) is 2.01. The lowest BCUT2D eigenvalue weighted by Gasteiger charge is -2.11. The van der Waals surface area contributed by atoms with Crippen LogP contribution in [0.5, 0.6) is 0 Å². The van der Waals surface area contributed by atoms with E-state index >= 15 is 0 Å². The van der Waals surface area contributed by atoms with Crippen molar-refractivity contribution in [3.05, 3.63) is 48.0 Å². The van der Waals surface area contributed by atoms with E-state index in [1.165, 1.54) is 0 Å². The molecular formula is C13H16O2. The molecule has 1 aromatic carbocycles. The summed E-state index contributed by atoms with van der Waals surface area (Å²) in [6.45, 7) is 6.12. The molecule has 0 saturated carbocycles. The van der Waals surface area contributed by atoms with Gasteiger partial charge in [0.2, 0.25) is 0 Å². The summed E-state index contributed by atoms with van der Waals surface area (Å²) in [4.78, 5) is 10.7. The van der Waals surface area contributed by atoms with Crippen molar-refractivity contribution in [1.29, 1.82) is 0 Å². The minimum atomic E-state index is -0.372. The highest BCUT2D eigenvalue weighted by Crippen LogP contribution is 2.08. The number of hydrogen-bond donors (Lipinski definition) is 0. The molecule has 0 fully saturated rings. The summed E-state index contributed by atoms with van der Waals surface area (Å²) in [5, 5.41) is 0. The highest BCUT2D eigenvalue weighted by atomic mass is 16.5. The summed E-state index contributed by atoms with van der Waals surface area (Å²) in [7, 11) is 0. The van der Waals surface area contributed by atoms with Gasteiger partial charge in [0.25, 0.3) is 0 Å². The van der Waals surface area contributed by atoms with E-state index in [0.29, 0.717) is 13.0 Å². The highest BCUT2D eigenvalue weighted by Gasteiger charge is 2.07. The van der Waals surface area contributed by atoms with Gasteiger partial charge in [-0.25, -0.2) is 0 Å². The van der Waals surface area contributed by atoms with Crippen LogP contribution in [0.4, 0.5) is 0 Å². The van der Waals surface area contributed by atoms with Crippen molar-refractivity contribution < 1.29 is 9.53 Å². The summed E-state index contributed by atoms with van der Waals surface area (Å²) in [5.41, 5.74) is 2.03. The summed E-state index contributed by atoms with van der Waals surface area (Å²) in [5.74, 6) is 0. The van der Waals surface area contributed by atoms with Gasteiger partial charge in [0.05, 0.1) is 6.61 Å². The molecule has 0 heterocycles. The quantitative estimate of drug-likeness (QED) is 0.526.